The maximum absolute atomic E-state index is 10.6. The zero-order chi connectivity index (χ0) is 7.49. The van der Waals surface area contributed by atoms with E-state index in [9.17, 15) is 4.79 Å². The van der Waals surface area contributed by atoms with Gasteiger partial charge in [0.05, 0.1) is 0 Å². The van der Waals surface area contributed by atoms with Crippen LogP contribution in [-0.2, 0) is 4.79 Å². The van der Waals surface area contributed by atoms with Crippen molar-refractivity contribution in [2.75, 3.05) is 7.05 Å². The molecule has 2 nitrogen and oxygen atoms in total. The molecule has 1 N–H and O–H groups in total. The second kappa shape index (κ2) is 3.51. The number of carbonyl (C=O) groups is 1. The SMILES string of the molecule is CNC(C)(C)[I-]C(C)=O. The van der Waals surface area contributed by atoms with Crippen LogP contribution in [0.3, 0.4) is 0 Å². The Bertz CT molecular complexity index is 112. The predicted molar refractivity (Wildman–Crippen MR) is 33.8 cm³/mol. The van der Waals surface area contributed by atoms with Gasteiger partial charge in [-0.1, -0.05) is 0 Å². The molecular formula is C6H13INO-. The molecule has 0 bridgehead atoms. The normalized spacial score (nSPS) is 12.0. The van der Waals surface area contributed by atoms with E-state index in [0.717, 1.165) is 0 Å². The van der Waals surface area contributed by atoms with Crippen molar-refractivity contribution in [3.05, 3.63) is 0 Å². The number of alkyl halides is 1. The first-order chi connectivity index (χ1) is 3.98. The van der Waals surface area contributed by atoms with E-state index < -0.39 is 0 Å². The van der Waals surface area contributed by atoms with Gasteiger partial charge in [0.25, 0.3) is 0 Å². The average molecular weight is 242 g/mol. The molecule has 0 spiro atoms. The van der Waals surface area contributed by atoms with Gasteiger partial charge in [-0.05, 0) is 0 Å². The third kappa shape index (κ3) is 4.84. The molecule has 9 heavy (non-hydrogen) atoms. The van der Waals surface area contributed by atoms with Gasteiger partial charge in [0.15, 0.2) is 0 Å². The topological polar surface area (TPSA) is 29.1 Å². The van der Waals surface area contributed by atoms with Crippen molar-refractivity contribution in [3.8, 4) is 0 Å². The number of rotatable bonds is 3. The van der Waals surface area contributed by atoms with E-state index in [-0.39, 0.29) is 24.8 Å². The van der Waals surface area contributed by atoms with Crippen molar-refractivity contribution in [1.82, 2.24) is 5.32 Å². The van der Waals surface area contributed by atoms with Gasteiger partial charge in [0.2, 0.25) is 0 Å². The van der Waals surface area contributed by atoms with Crippen LogP contribution in [0.1, 0.15) is 20.8 Å². The second-order valence-electron chi connectivity index (χ2n) is 2.29. The number of hydrogen-bond donors (Lipinski definition) is 1. The fourth-order valence-corrected chi connectivity index (χ4v) is 2.55. The van der Waals surface area contributed by atoms with Crippen LogP contribution in [0.4, 0.5) is 0 Å². The summed E-state index contributed by atoms with van der Waals surface area (Å²) in [6.45, 7) is 5.77. The standard InChI is InChI=1S/C6H13INO/c1-5(9)7-6(2,3)8-4/h8H,1-4H3/q-1. The molecule has 0 aromatic heterocycles. The molecule has 0 fully saturated rings. The molecule has 0 aliphatic heterocycles. The predicted octanol–water partition coefficient (Wildman–Crippen LogP) is -2.42. The minimum absolute atomic E-state index is 0.0741. The molecule has 0 aliphatic carbocycles. The van der Waals surface area contributed by atoms with Gasteiger partial charge in [-0.15, -0.1) is 0 Å². The quantitative estimate of drug-likeness (QED) is 0.258. The van der Waals surface area contributed by atoms with E-state index in [4.69, 9.17) is 0 Å². The van der Waals surface area contributed by atoms with E-state index >= 15 is 0 Å². The van der Waals surface area contributed by atoms with Crippen LogP contribution in [0, 0.1) is 0 Å². The number of nitrogens with one attached hydrogen (secondary N) is 1. The van der Waals surface area contributed by atoms with Crippen molar-refractivity contribution >= 4 is 3.79 Å². The van der Waals surface area contributed by atoms with Crippen molar-refractivity contribution in [3.63, 3.8) is 0 Å². The van der Waals surface area contributed by atoms with Crippen LogP contribution in [0.15, 0.2) is 0 Å². The summed E-state index contributed by atoms with van der Waals surface area (Å²) in [5.41, 5.74) is 0. The molecule has 0 unspecified atom stereocenters. The third-order valence-electron chi connectivity index (χ3n) is 0.964. The summed E-state index contributed by atoms with van der Waals surface area (Å²) >= 11 is -0.331. The zero-order valence-corrected chi connectivity index (χ0v) is 8.44. The fraction of sp³-hybridized carbons (Fsp3) is 0.833. The van der Waals surface area contributed by atoms with Crippen molar-refractivity contribution in [2.45, 2.75) is 24.3 Å². The van der Waals surface area contributed by atoms with Gasteiger partial charge in [-0.25, -0.2) is 0 Å². The number of halogens is 1. The Kier molecular flexibility index (Phi) is 3.65. The molecule has 0 atom stereocenters. The molecule has 56 valence electrons. The molecule has 0 radical (unpaired) electrons. The minimum atomic E-state index is -0.331. The Hall–Kier alpha value is 0.360. The first-order valence-electron chi connectivity index (χ1n) is 2.83. The Morgan fingerprint density at radius 1 is 1.56 bits per heavy atom. The molecule has 0 aromatic carbocycles. The first-order valence-corrected chi connectivity index (χ1v) is 4.99. The molecule has 0 rings (SSSR count). The van der Waals surface area contributed by atoms with Crippen molar-refractivity contribution in [2.24, 2.45) is 0 Å². The molecular weight excluding hydrogens is 229 g/mol. The average Bonchev–Trinajstić information content (AvgIpc) is 1.63. The summed E-state index contributed by atoms with van der Waals surface area (Å²) in [6.07, 6.45) is 0. The van der Waals surface area contributed by atoms with Crippen LogP contribution in [-0.4, -0.2) is 14.4 Å². The van der Waals surface area contributed by atoms with E-state index in [1.54, 1.807) is 6.92 Å². The van der Waals surface area contributed by atoms with Crippen LogP contribution in [0.25, 0.3) is 0 Å². The van der Waals surface area contributed by atoms with E-state index in [0.29, 0.717) is 3.79 Å². The van der Waals surface area contributed by atoms with Crippen molar-refractivity contribution in [1.29, 1.82) is 0 Å². The van der Waals surface area contributed by atoms with Crippen molar-refractivity contribution < 1.29 is 26.0 Å². The molecule has 0 heterocycles. The Balaban J connectivity index is 3.71. The third-order valence-corrected chi connectivity index (χ3v) is 3.61. The number of hydrogen-bond acceptors (Lipinski definition) is 2. The Morgan fingerprint density at radius 2 is 2.00 bits per heavy atom. The molecule has 0 aliphatic rings. The van der Waals surface area contributed by atoms with Gasteiger partial charge in [0.1, 0.15) is 0 Å². The number of carbonyl (C=O) groups excluding carboxylic acids is 1. The van der Waals surface area contributed by atoms with Gasteiger partial charge >= 0.3 is 66.5 Å². The molecule has 0 saturated carbocycles. The molecule has 0 amide bonds. The summed E-state index contributed by atoms with van der Waals surface area (Å²) in [4.78, 5) is 10.6. The summed E-state index contributed by atoms with van der Waals surface area (Å²) < 4.78 is 0.415. The maximum atomic E-state index is 10.6. The van der Waals surface area contributed by atoms with E-state index in [1.165, 1.54) is 0 Å². The second-order valence-corrected chi connectivity index (χ2v) is 7.04. The summed E-state index contributed by atoms with van der Waals surface area (Å²) in [5.74, 6) is 0. The van der Waals surface area contributed by atoms with Gasteiger partial charge in [-0.2, -0.15) is 0 Å². The Labute approximate surface area is 66.7 Å². The summed E-state index contributed by atoms with van der Waals surface area (Å²) in [6, 6.07) is 0. The molecule has 0 saturated heterocycles. The Morgan fingerprint density at radius 3 is 2.11 bits per heavy atom. The van der Waals surface area contributed by atoms with E-state index in [1.807, 2.05) is 7.05 Å². The molecule has 0 aromatic rings. The van der Waals surface area contributed by atoms with Crippen LogP contribution < -0.4 is 26.5 Å². The van der Waals surface area contributed by atoms with Gasteiger partial charge < -0.3 is 0 Å². The van der Waals surface area contributed by atoms with Gasteiger partial charge in [-0.3, -0.25) is 0 Å². The zero-order valence-electron chi connectivity index (χ0n) is 6.29. The van der Waals surface area contributed by atoms with Gasteiger partial charge in [0, 0.05) is 0 Å². The molecule has 3 heteroatoms. The van der Waals surface area contributed by atoms with Crippen LogP contribution in [0.2, 0.25) is 0 Å². The summed E-state index contributed by atoms with van der Waals surface area (Å²) in [5, 5.41) is 3.10. The van der Waals surface area contributed by atoms with Crippen LogP contribution >= 0.6 is 0 Å². The van der Waals surface area contributed by atoms with Crippen LogP contribution in [0.5, 0.6) is 0 Å². The summed E-state index contributed by atoms with van der Waals surface area (Å²) in [7, 11) is 1.89. The van der Waals surface area contributed by atoms with E-state index in [2.05, 4.69) is 19.2 Å². The monoisotopic (exact) mass is 242 g/mol. The fourth-order valence-electron chi connectivity index (χ4n) is 0.380. The first kappa shape index (κ1) is 9.36.